The van der Waals surface area contributed by atoms with Gasteiger partial charge < -0.3 is 5.32 Å². The van der Waals surface area contributed by atoms with Gasteiger partial charge in [0.2, 0.25) is 10.0 Å². The Morgan fingerprint density at radius 2 is 1.88 bits per heavy atom. The van der Waals surface area contributed by atoms with Crippen LogP contribution in [-0.2, 0) is 29.3 Å². The average molecular weight is 389 g/mol. The number of benzene rings is 1. The van der Waals surface area contributed by atoms with Gasteiger partial charge in [-0.3, -0.25) is 0 Å². The molecule has 1 aliphatic carbocycles. The number of hydrogen-bond acceptors (Lipinski definition) is 6. The van der Waals surface area contributed by atoms with Crippen LogP contribution in [0.2, 0.25) is 0 Å². The van der Waals surface area contributed by atoms with Gasteiger partial charge in [0, 0.05) is 11.4 Å². The first-order valence-electron chi connectivity index (χ1n) is 8.63. The quantitative estimate of drug-likeness (QED) is 0.700. The Morgan fingerprint density at radius 3 is 2.65 bits per heavy atom. The number of thiophene rings is 1. The van der Waals surface area contributed by atoms with E-state index in [4.69, 9.17) is 5.14 Å². The SMILES string of the molecule is NS(=O)(=O)c1ccc(CCNc2ncnc3sc4c(c23)CCCC4)cc1. The Balaban J connectivity index is 1.49. The number of rotatable bonds is 5. The van der Waals surface area contributed by atoms with E-state index < -0.39 is 10.0 Å². The number of hydrogen-bond donors (Lipinski definition) is 2. The molecule has 2 heterocycles. The van der Waals surface area contributed by atoms with Crippen LogP contribution in [-0.4, -0.2) is 24.9 Å². The molecule has 4 rings (SSSR count). The minimum atomic E-state index is -3.64. The third kappa shape index (κ3) is 3.44. The summed E-state index contributed by atoms with van der Waals surface area (Å²) in [6.45, 7) is 0.714. The van der Waals surface area contributed by atoms with Crippen LogP contribution in [0.25, 0.3) is 10.2 Å². The summed E-state index contributed by atoms with van der Waals surface area (Å²) in [6.07, 6.45) is 7.11. The minimum Gasteiger partial charge on any atom is -0.369 e. The molecule has 136 valence electrons. The number of nitrogens with one attached hydrogen (secondary N) is 1. The maximum Gasteiger partial charge on any atom is 0.238 e. The Labute approximate surface area is 156 Å². The van der Waals surface area contributed by atoms with E-state index in [1.807, 2.05) is 0 Å². The Kier molecular flexibility index (Phi) is 4.64. The first-order chi connectivity index (χ1) is 12.5. The molecule has 26 heavy (non-hydrogen) atoms. The summed E-state index contributed by atoms with van der Waals surface area (Å²) in [5.41, 5.74) is 2.46. The maximum atomic E-state index is 11.3. The molecule has 1 aromatic carbocycles. The van der Waals surface area contributed by atoms with Gasteiger partial charge in [-0.2, -0.15) is 0 Å². The van der Waals surface area contributed by atoms with Crippen molar-refractivity contribution in [2.45, 2.75) is 37.0 Å². The third-order valence-corrected chi connectivity index (χ3v) is 6.84. The maximum absolute atomic E-state index is 11.3. The largest absolute Gasteiger partial charge is 0.369 e. The molecule has 0 bridgehead atoms. The summed E-state index contributed by atoms with van der Waals surface area (Å²) in [5, 5.41) is 9.74. The minimum absolute atomic E-state index is 0.136. The van der Waals surface area contributed by atoms with Gasteiger partial charge in [-0.15, -0.1) is 11.3 Å². The Hall–Kier alpha value is -2.03. The summed E-state index contributed by atoms with van der Waals surface area (Å²) in [4.78, 5) is 11.5. The van der Waals surface area contributed by atoms with Crippen LogP contribution in [0.15, 0.2) is 35.5 Å². The van der Waals surface area contributed by atoms with E-state index in [0.29, 0.717) is 6.54 Å². The van der Waals surface area contributed by atoms with Gasteiger partial charge >= 0.3 is 0 Å². The lowest BCUT2D eigenvalue weighted by atomic mass is 9.97. The second-order valence-corrected chi connectivity index (χ2v) is 9.12. The fraction of sp³-hybridized carbons (Fsp3) is 0.333. The number of aryl methyl sites for hydroxylation is 2. The molecule has 3 aromatic rings. The zero-order chi connectivity index (χ0) is 18.1. The second kappa shape index (κ2) is 6.94. The smallest absolute Gasteiger partial charge is 0.238 e. The predicted molar refractivity (Wildman–Crippen MR) is 104 cm³/mol. The molecule has 0 atom stereocenters. The van der Waals surface area contributed by atoms with Crippen LogP contribution in [0.5, 0.6) is 0 Å². The fourth-order valence-electron chi connectivity index (χ4n) is 3.40. The van der Waals surface area contributed by atoms with Crippen molar-refractivity contribution < 1.29 is 8.42 Å². The van der Waals surface area contributed by atoms with Gasteiger partial charge in [-0.1, -0.05) is 12.1 Å². The van der Waals surface area contributed by atoms with Crippen LogP contribution in [0.3, 0.4) is 0 Å². The monoisotopic (exact) mass is 388 g/mol. The molecule has 0 unspecified atom stereocenters. The molecule has 0 spiro atoms. The zero-order valence-corrected chi connectivity index (χ0v) is 15.9. The summed E-state index contributed by atoms with van der Waals surface area (Å²) >= 11 is 1.79. The van der Waals surface area contributed by atoms with Crippen molar-refractivity contribution in [2.75, 3.05) is 11.9 Å². The van der Waals surface area contributed by atoms with Crippen molar-refractivity contribution in [1.29, 1.82) is 0 Å². The molecule has 0 amide bonds. The van der Waals surface area contributed by atoms with E-state index in [-0.39, 0.29) is 4.90 Å². The molecule has 0 radical (unpaired) electrons. The van der Waals surface area contributed by atoms with Crippen molar-refractivity contribution in [3.63, 3.8) is 0 Å². The van der Waals surface area contributed by atoms with Crippen LogP contribution in [0, 0.1) is 0 Å². The molecule has 0 saturated heterocycles. The number of anilines is 1. The van der Waals surface area contributed by atoms with E-state index in [1.54, 1.807) is 41.9 Å². The van der Waals surface area contributed by atoms with Crippen molar-refractivity contribution >= 4 is 37.4 Å². The lowest BCUT2D eigenvalue weighted by molar-refractivity contribution is 0.598. The van der Waals surface area contributed by atoms with Crippen LogP contribution >= 0.6 is 11.3 Å². The molecule has 0 aliphatic heterocycles. The van der Waals surface area contributed by atoms with Gasteiger partial charge in [0.05, 0.1) is 10.3 Å². The summed E-state index contributed by atoms with van der Waals surface area (Å²) in [7, 11) is -3.64. The Bertz CT molecular complexity index is 1040. The predicted octanol–water partition coefficient (Wildman–Crippen LogP) is 2.87. The summed E-state index contributed by atoms with van der Waals surface area (Å²) in [6, 6.07) is 6.68. The molecule has 3 N–H and O–H groups in total. The van der Waals surface area contributed by atoms with E-state index in [9.17, 15) is 8.42 Å². The highest BCUT2D eigenvalue weighted by atomic mass is 32.2. The normalized spacial score (nSPS) is 14.3. The number of nitrogens with zero attached hydrogens (tertiary/aromatic N) is 2. The molecule has 2 aromatic heterocycles. The molecule has 0 saturated carbocycles. The number of primary sulfonamides is 1. The molecule has 6 nitrogen and oxygen atoms in total. The van der Waals surface area contributed by atoms with Crippen molar-refractivity contribution in [3.05, 3.63) is 46.6 Å². The van der Waals surface area contributed by atoms with E-state index in [0.717, 1.165) is 35.5 Å². The highest BCUT2D eigenvalue weighted by molar-refractivity contribution is 7.89. The zero-order valence-electron chi connectivity index (χ0n) is 14.2. The Morgan fingerprint density at radius 1 is 1.12 bits per heavy atom. The lowest BCUT2D eigenvalue weighted by Gasteiger charge is -2.12. The van der Waals surface area contributed by atoms with Gasteiger partial charge in [0.1, 0.15) is 17.0 Å². The number of sulfonamides is 1. The van der Waals surface area contributed by atoms with Crippen LogP contribution in [0.4, 0.5) is 5.82 Å². The molecular formula is C18H20N4O2S2. The number of aromatic nitrogens is 2. The van der Waals surface area contributed by atoms with Crippen molar-refractivity contribution in [3.8, 4) is 0 Å². The number of nitrogens with two attached hydrogens (primary N) is 1. The number of fused-ring (bicyclic) bond motifs is 3. The first-order valence-corrected chi connectivity index (χ1v) is 11.0. The average Bonchev–Trinajstić information content (AvgIpc) is 3.01. The lowest BCUT2D eigenvalue weighted by Crippen LogP contribution is -2.12. The van der Waals surface area contributed by atoms with E-state index in [2.05, 4.69) is 15.3 Å². The van der Waals surface area contributed by atoms with Gasteiger partial charge in [0.25, 0.3) is 0 Å². The second-order valence-electron chi connectivity index (χ2n) is 6.48. The highest BCUT2D eigenvalue weighted by Gasteiger charge is 2.19. The van der Waals surface area contributed by atoms with E-state index in [1.165, 1.54) is 28.7 Å². The molecule has 8 heteroatoms. The fourth-order valence-corrected chi connectivity index (χ4v) is 5.14. The summed E-state index contributed by atoms with van der Waals surface area (Å²) < 4.78 is 22.6. The standard InChI is InChI=1S/C18H20N4O2S2/c19-26(23,24)13-7-5-12(6-8-13)9-10-20-17-16-14-3-1-2-4-15(14)25-18(16)22-11-21-17/h5-8,11H,1-4,9-10H2,(H2,19,23,24)(H,20,21,22). The molecular weight excluding hydrogens is 368 g/mol. The van der Waals surface area contributed by atoms with Crippen LogP contribution < -0.4 is 10.5 Å². The van der Waals surface area contributed by atoms with Crippen molar-refractivity contribution in [1.82, 2.24) is 9.97 Å². The van der Waals surface area contributed by atoms with Gasteiger partial charge in [-0.05, 0) is 55.4 Å². The van der Waals surface area contributed by atoms with Gasteiger partial charge in [0.15, 0.2) is 0 Å². The van der Waals surface area contributed by atoms with E-state index >= 15 is 0 Å². The van der Waals surface area contributed by atoms with Crippen molar-refractivity contribution in [2.24, 2.45) is 5.14 Å². The highest BCUT2D eigenvalue weighted by Crippen LogP contribution is 2.38. The third-order valence-electron chi connectivity index (χ3n) is 4.71. The topological polar surface area (TPSA) is 98.0 Å². The first kappa shape index (κ1) is 17.4. The molecule has 1 aliphatic rings. The molecule has 0 fully saturated rings. The van der Waals surface area contributed by atoms with Gasteiger partial charge in [-0.25, -0.2) is 23.5 Å². The summed E-state index contributed by atoms with van der Waals surface area (Å²) in [5.74, 6) is 0.899. The van der Waals surface area contributed by atoms with Crippen LogP contribution in [0.1, 0.15) is 28.8 Å².